The van der Waals surface area contributed by atoms with Gasteiger partial charge in [-0.25, -0.2) is 4.39 Å². The quantitative estimate of drug-likeness (QED) is 0.726. The van der Waals surface area contributed by atoms with E-state index in [2.05, 4.69) is 5.32 Å². The molecule has 0 unspecified atom stereocenters. The Balaban J connectivity index is 1.86. The number of halogens is 1. The van der Waals surface area contributed by atoms with Gasteiger partial charge in [-0.2, -0.15) is 0 Å². The first kappa shape index (κ1) is 9.94. The normalized spacial score (nSPS) is 22.1. The fourth-order valence-corrected chi connectivity index (χ4v) is 2.78. The highest BCUT2D eigenvalue weighted by Crippen LogP contribution is 2.42. The Kier molecular flexibility index (Phi) is 2.27. The van der Waals surface area contributed by atoms with Gasteiger partial charge in [0.1, 0.15) is 11.6 Å². The Morgan fingerprint density at radius 3 is 2.88 bits per heavy atom. The molecule has 0 amide bonds. The van der Waals surface area contributed by atoms with Gasteiger partial charge < -0.3 is 10.1 Å². The Hall–Kier alpha value is -1.25. The van der Waals surface area contributed by atoms with E-state index >= 15 is 0 Å². The van der Waals surface area contributed by atoms with Gasteiger partial charge in [0, 0.05) is 18.0 Å². The minimum Gasteiger partial charge on any atom is -0.491 e. The lowest BCUT2D eigenvalue weighted by Gasteiger charge is -2.25. The SMILES string of the molecule is Fc1ccc2c(c1)NCC1(CCCC1)CO2. The summed E-state index contributed by atoms with van der Waals surface area (Å²) in [7, 11) is 0. The van der Waals surface area contributed by atoms with Crippen molar-refractivity contribution in [2.75, 3.05) is 18.5 Å². The maximum absolute atomic E-state index is 13.1. The fraction of sp³-hybridized carbons (Fsp3) is 0.538. The van der Waals surface area contributed by atoms with Crippen LogP contribution in [0.4, 0.5) is 10.1 Å². The molecule has 1 N–H and O–H groups in total. The standard InChI is InChI=1S/C13H16FNO/c14-10-3-4-12-11(7-10)15-8-13(9-16-12)5-1-2-6-13/h3-4,7,15H,1-2,5-6,8-9H2. The van der Waals surface area contributed by atoms with Crippen molar-refractivity contribution < 1.29 is 9.13 Å². The van der Waals surface area contributed by atoms with Crippen molar-refractivity contribution in [1.29, 1.82) is 0 Å². The highest BCUT2D eigenvalue weighted by Gasteiger charge is 2.36. The van der Waals surface area contributed by atoms with Crippen molar-refractivity contribution in [2.45, 2.75) is 25.7 Å². The van der Waals surface area contributed by atoms with Crippen molar-refractivity contribution in [2.24, 2.45) is 5.41 Å². The first-order valence-electron chi connectivity index (χ1n) is 5.94. The average Bonchev–Trinajstić information content (AvgIpc) is 2.66. The first-order valence-corrected chi connectivity index (χ1v) is 5.94. The first-order chi connectivity index (χ1) is 7.77. The van der Waals surface area contributed by atoms with Gasteiger partial charge in [0.2, 0.25) is 0 Å². The Morgan fingerprint density at radius 2 is 2.06 bits per heavy atom. The number of rotatable bonds is 0. The highest BCUT2D eigenvalue weighted by atomic mass is 19.1. The van der Waals surface area contributed by atoms with Crippen LogP contribution in [-0.4, -0.2) is 13.2 Å². The van der Waals surface area contributed by atoms with E-state index in [4.69, 9.17) is 4.74 Å². The van der Waals surface area contributed by atoms with Crippen LogP contribution in [0.2, 0.25) is 0 Å². The minimum absolute atomic E-state index is 0.211. The molecule has 1 spiro atoms. The third-order valence-corrected chi connectivity index (χ3v) is 3.79. The summed E-state index contributed by atoms with van der Waals surface area (Å²) in [6.45, 7) is 1.67. The predicted molar refractivity (Wildman–Crippen MR) is 61.3 cm³/mol. The average molecular weight is 221 g/mol. The van der Waals surface area contributed by atoms with E-state index in [1.807, 2.05) is 0 Å². The third kappa shape index (κ3) is 1.64. The smallest absolute Gasteiger partial charge is 0.142 e. The maximum Gasteiger partial charge on any atom is 0.142 e. The number of ether oxygens (including phenoxy) is 1. The number of nitrogens with one attached hydrogen (secondary N) is 1. The van der Waals surface area contributed by atoms with Crippen LogP contribution in [0.5, 0.6) is 5.75 Å². The topological polar surface area (TPSA) is 21.3 Å². The Morgan fingerprint density at radius 1 is 1.25 bits per heavy atom. The molecule has 16 heavy (non-hydrogen) atoms. The molecule has 1 aromatic carbocycles. The summed E-state index contributed by atoms with van der Waals surface area (Å²) in [5.41, 5.74) is 1.07. The van der Waals surface area contributed by atoms with E-state index in [1.54, 1.807) is 6.07 Å². The zero-order valence-electron chi connectivity index (χ0n) is 9.26. The van der Waals surface area contributed by atoms with Gasteiger partial charge in [0.25, 0.3) is 0 Å². The van der Waals surface area contributed by atoms with E-state index < -0.39 is 0 Å². The number of anilines is 1. The van der Waals surface area contributed by atoms with Crippen molar-refractivity contribution in [3.05, 3.63) is 24.0 Å². The number of hydrogen-bond acceptors (Lipinski definition) is 2. The van der Waals surface area contributed by atoms with Crippen LogP contribution in [0.1, 0.15) is 25.7 Å². The van der Waals surface area contributed by atoms with Gasteiger partial charge in [-0.1, -0.05) is 12.8 Å². The fourth-order valence-electron chi connectivity index (χ4n) is 2.78. The van der Waals surface area contributed by atoms with Crippen LogP contribution in [0.15, 0.2) is 18.2 Å². The zero-order valence-corrected chi connectivity index (χ0v) is 9.26. The molecule has 0 bridgehead atoms. The van der Waals surface area contributed by atoms with E-state index in [0.29, 0.717) is 0 Å². The van der Waals surface area contributed by atoms with Gasteiger partial charge in [-0.3, -0.25) is 0 Å². The lowest BCUT2D eigenvalue weighted by atomic mass is 9.87. The summed E-state index contributed by atoms with van der Waals surface area (Å²) in [6.07, 6.45) is 5.01. The van der Waals surface area contributed by atoms with Crippen molar-refractivity contribution in [1.82, 2.24) is 0 Å². The van der Waals surface area contributed by atoms with Gasteiger partial charge in [0.05, 0.1) is 12.3 Å². The maximum atomic E-state index is 13.1. The van der Waals surface area contributed by atoms with Crippen LogP contribution in [0, 0.1) is 11.2 Å². The number of fused-ring (bicyclic) bond motifs is 1. The molecule has 0 aromatic heterocycles. The van der Waals surface area contributed by atoms with Gasteiger partial charge in [-0.15, -0.1) is 0 Å². The minimum atomic E-state index is -0.211. The molecule has 1 aliphatic heterocycles. The molecule has 86 valence electrons. The molecule has 3 rings (SSSR count). The van der Waals surface area contributed by atoms with Gasteiger partial charge in [0.15, 0.2) is 0 Å². The molecule has 1 saturated carbocycles. The summed E-state index contributed by atoms with van der Waals surface area (Å²) in [5, 5.41) is 3.33. The van der Waals surface area contributed by atoms with Crippen molar-refractivity contribution >= 4 is 5.69 Å². The second-order valence-electron chi connectivity index (χ2n) is 4.99. The highest BCUT2D eigenvalue weighted by molar-refractivity contribution is 5.57. The lowest BCUT2D eigenvalue weighted by molar-refractivity contribution is 0.169. The molecule has 3 heteroatoms. The largest absolute Gasteiger partial charge is 0.491 e. The van der Waals surface area contributed by atoms with Crippen LogP contribution in [0.25, 0.3) is 0 Å². The van der Waals surface area contributed by atoms with Crippen LogP contribution in [0.3, 0.4) is 0 Å². The third-order valence-electron chi connectivity index (χ3n) is 3.79. The summed E-state index contributed by atoms with van der Waals surface area (Å²) in [4.78, 5) is 0. The van der Waals surface area contributed by atoms with E-state index in [1.165, 1.54) is 37.8 Å². The lowest BCUT2D eigenvalue weighted by Crippen LogP contribution is -2.30. The molecule has 0 saturated heterocycles. The summed E-state index contributed by atoms with van der Waals surface area (Å²) >= 11 is 0. The number of hydrogen-bond donors (Lipinski definition) is 1. The number of benzene rings is 1. The second kappa shape index (κ2) is 3.65. The van der Waals surface area contributed by atoms with E-state index in [0.717, 1.165) is 24.6 Å². The van der Waals surface area contributed by atoms with E-state index in [-0.39, 0.29) is 11.2 Å². The zero-order chi connectivity index (χ0) is 11.0. The molecule has 2 aliphatic rings. The Bertz CT molecular complexity index is 399. The van der Waals surface area contributed by atoms with Crippen LogP contribution >= 0.6 is 0 Å². The van der Waals surface area contributed by atoms with Gasteiger partial charge >= 0.3 is 0 Å². The molecule has 0 atom stereocenters. The monoisotopic (exact) mass is 221 g/mol. The molecule has 1 aromatic rings. The second-order valence-corrected chi connectivity index (χ2v) is 4.99. The van der Waals surface area contributed by atoms with Crippen LogP contribution < -0.4 is 10.1 Å². The summed E-state index contributed by atoms with van der Waals surface area (Å²) in [5.74, 6) is 0.572. The molecular weight excluding hydrogens is 205 g/mol. The molecular formula is C13H16FNO. The summed E-state index contributed by atoms with van der Waals surface area (Å²) in [6, 6.07) is 4.68. The molecule has 1 fully saturated rings. The molecule has 1 aliphatic carbocycles. The molecule has 2 nitrogen and oxygen atoms in total. The molecule has 1 heterocycles. The van der Waals surface area contributed by atoms with Crippen LogP contribution in [-0.2, 0) is 0 Å². The Labute approximate surface area is 94.8 Å². The van der Waals surface area contributed by atoms with Crippen molar-refractivity contribution in [3.63, 3.8) is 0 Å². The van der Waals surface area contributed by atoms with Crippen molar-refractivity contribution in [3.8, 4) is 5.75 Å². The van der Waals surface area contributed by atoms with E-state index in [9.17, 15) is 4.39 Å². The van der Waals surface area contributed by atoms with Gasteiger partial charge in [-0.05, 0) is 25.0 Å². The summed E-state index contributed by atoms with van der Waals surface area (Å²) < 4.78 is 18.9. The molecule has 0 radical (unpaired) electrons. The predicted octanol–water partition coefficient (Wildman–Crippen LogP) is 3.19.